The second kappa shape index (κ2) is 10.1. The van der Waals surface area contributed by atoms with Crippen LogP contribution in [-0.2, 0) is 0 Å². The Hall–Kier alpha value is -2.94. The van der Waals surface area contributed by atoms with E-state index in [4.69, 9.17) is 32.7 Å². The highest BCUT2D eigenvalue weighted by molar-refractivity contribution is 6.45. The van der Waals surface area contributed by atoms with Crippen molar-refractivity contribution < 1.29 is 9.47 Å². The highest BCUT2D eigenvalue weighted by Crippen LogP contribution is 2.36. The lowest BCUT2D eigenvalue weighted by molar-refractivity contribution is 0.415. The highest BCUT2D eigenvalue weighted by atomic mass is 35.5. The standard InChI is InChI=1S/C28H24Cl2O2/c1-31-25-15-11-21(12-16-25)19-3-7-23(8-4-19)27(28(29)30)24-9-5-20(6-10-24)22-13-17-26(32-2)18-14-22/h3-18,27-28H,1-2H3. The summed E-state index contributed by atoms with van der Waals surface area (Å²) < 4.78 is 10.5. The number of hydrogen-bond donors (Lipinski definition) is 0. The average molecular weight is 463 g/mol. The van der Waals surface area contributed by atoms with Crippen molar-refractivity contribution in [1.29, 1.82) is 0 Å². The molecule has 0 aliphatic rings. The molecule has 0 N–H and O–H groups in total. The lowest BCUT2D eigenvalue weighted by Crippen LogP contribution is -2.09. The number of rotatable bonds is 7. The van der Waals surface area contributed by atoms with E-state index in [1.165, 1.54) is 0 Å². The Kier molecular flexibility index (Phi) is 7.04. The minimum Gasteiger partial charge on any atom is -0.497 e. The molecular weight excluding hydrogens is 439 g/mol. The molecule has 4 aromatic carbocycles. The highest BCUT2D eigenvalue weighted by Gasteiger charge is 2.21. The summed E-state index contributed by atoms with van der Waals surface area (Å²) in [6, 6.07) is 32.9. The van der Waals surface area contributed by atoms with Crippen molar-refractivity contribution in [3.63, 3.8) is 0 Å². The van der Waals surface area contributed by atoms with Gasteiger partial charge in [-0.15, -0.1) is 23.2 Å². The summed E-state index contributed by atoms with van der Waals surface area (Å²) in [6.07, 6.45) is 0. The molecule has 0 fully saturated rings. The van der Waals surface area contributed by atoms with Crippen molar-refractivity contribution in [2.24, 2.45) is 0 Å². The molecule has 0 heterocycles. The summed E-state index contributed by atoms with van der Waals surface area (Å²) in [7, 11) is 3.34. The first-order valence-corrected chi connectivity index (χ1v) is 11.2. The Bertz CT molecular complexity index is 1040. The molecule has 4 rings (SSSR count). The van der Waals surface area contributed by atoms with Gasteiger partial charge in [-0.2, -0.15) is 0 Å². The Labute approximate surface area is 199 Å². The Morgan fingerprint density at radius 2 is 0.750 bits per heavy atom. The smallest absolute Gasteiger partial charge is 0.118 e. The molecule has 4 heteroatoms. The molecule has 4 aromatic rings. The van der Waals surface area contributed by atoms with Crippen LogP contribution in [0.15, 0.2) is 97.1 Å². The van der Waals surface area contributed by atoms with Crippen LogP contribution in [0.25, 0.3) is 22.3 Å². The van der Waals surface area contributed by atoms with Crippen LogP contribution in [0.4, 0.5) is 0 Å². The summed E-state index contributed by atoms with van der Waals surface area (Å²) in [5.41, 5.74) is 6.68. The van der Waals surface area contributed by atoms with Gasteiger partial charge in [0.05, 0.1) is 14.2 Å². The first kappa shape index (κ1) is 22.3. The first-order valence-electron chi connectivity index (χ1n) is 10.4. The maximum absolute atomic E-state index is 6.43. The molecule has 0 atom stereocenters. The van der Waals surface area contributed by atoms with Gasteiger partial charge in [0.2, 0.25) is 0 Å². The molecule has 162 valence electrons. The molecule has 0 spiro atoms. The Morgan fingerprint density at radius 3 is 1.00 bits per heavy atom. The normalized spacial score (nSPS) is 11.1. The van der Waals surface area contributed by atoms with Crippen LogP contribution in [0, 0.1) is 0 Å². The van der Waals surface area contributed by atoms with Gasteiger partial charge in [-0.25, -0.2) is 0 Å². The van der Waals surface area contributed by atoms with Crippen LogP contribution in [0.1, 0.15) is 17.0 Å². The van der Waals surface area contributed by atoms with Crippen LogP contribution in [0.3, 0.4) is 0 Å². The van der Waals surface area contributed by atoms with Crippen molar-refractivity contribution >= 4 is 23.2 Å². The molecule has 0 radical (unpaired) electrons. The van der Waals surface area contributed by atoms with Gasteiger partial charge >= 0.3 is 0 Å². The van der Waals surface area contributed by atoms with Gasteiger partial charge in [0.25, 0.3) is 0 Å². The van der Waals surface area contributed by atoms with E-state index < -0.39 is 4.84 Å². The average Bonchev–Trinajstić information content (AvgIpc) is 2.85. The molecule has 0 aliphatic carbocycles. The summed E-state index contributed by atoms with van der Waals surface area (Å²) in [4.78, 5) is -0.561. The van der Waals surface area contributed by atoms with Crippen LogP contribution >= 0.6 is 23.2 Å². The summed E-state index contributed by atoms with van der Waals surface area (Å²) in [5, 5.41) is 0. The zero-order valence-corrected chi connectivity index (χ0v) is 19.5. The van der Waals surface area contributed by atoms with Crippen molar-refractivity contribution in [3.8, 4) is 33.8 Å². The molecule has 0 unspecified atom stereocenters. The predicted molar refractivity (Wildman–Crippen MR) is 134 cm³/mol. The maximum Gasteiger partial charge on any atom is 0.118 e. The molecular formula is C28H24Cl2O2. The fourth-order valence-electron chi connectivity index (χ4n) is 3.82. The summed E-state index contributed by atoms with van der Waals surface area (Å²) in [6.45, 7) is 0. The Morgan fingerprint density at radius 1 is 0.469 bits per heavy atom. The molecule has 0 aliphatic heterocycles. The molecule has 0 amide bonds. The molecule has 0 saturated carbocycles. The first-order chi connectivity index (χ1) is 15.6. The summed E-state index contributed by atoms with van der Waals surface area (Å²) in [5.74, 6) is 1.57. The molecule has 32 heavy (non-hydrogen) atoms. The number of methoxy groups -OCH3 is 2. The minimum absolute atomic E-state index is 0.117. The van der Waals surface area contributed by atoms with E-state index in [1.807, 2.05) is 24.3 Å². The third-order valence-corrected chi connectivity index (χ3v) is 6.14. The van der Waals surface area contributed by atoms with Crippen molar-refractivity contribution in [2.75, 3.05) is 14.2 Å². The van der Waals surface area contributed by atoms with Crippen molar-refractivity contribution in [3.05, 3.63) is 108 Å². The van der Waals surface area contributed by atoms with Gasteiger partial charge in [-0.05, 0) is 57.6 Å². The number of benzene rings is 4. The number of halogens is 2. The second-order valence-corrected chi connectivity index (χ2v) is 8.68. The lowest BCUT2D eigenvalue weighted by atomic mass is 9.90. The maximum atomic E-state index is 6.43. The predicted octanol–water partition coefficient (Wildman–Crippen LogP) is 7.97. The molecule has 0 bridgehead atoms. The van der Waals surface area contributed by atoms with E-state index >= 15 is 0 Å². The second-order valence-electron chi connectivity index (χ2n) is 7.51. The van der Waals surface area contributed by atoms with E-state index in [-0.39, 0.29) is 5.92 Å². The van der Waals surface area contributed by atoms with Crippen molar-refractivity contribution in [2.45, 2.75) is 10.8 Å². The monoisotopic (exact) mass is 462 g/mol. The van der Waals surface area contributed by atoms with Crippen LogP contribution < -0.4 is 9.47 Å². The SMILES string of the molecule is COc1ccc(-c2ccc(C(c3ccc(-c4ccc(OC)cc4)cc3)C(Cl)Cl)cc2)cc1. The largest absolute Gasteiger partial charge is 0.497 e. The minimum atomic E-state index is -0.561. The van der Waals surface area contributed by atoms with Gasteiger partial charge in [-0.3, -0.25) is 0 Å². The molecule has 2 nitrogen and oxygen atoms in total. The zero-order valence-electron chi connectivity index (χ0n) is 18.0. The van der Waals surface area contributed by atoms with E-state index in [9.17, 15) is 0 Å². The summed E-state index contributed by atoms with van der Waals surface area (Å²) >= 11 is 12.9. The lowest BCUT2D eigenvalue weighted by Gasteiger charge is -2.20. The fraction of sp³-hybridized carbons (Fsp3) is 0.143. The number of alkyl halides is 2. The van der Waals surface area contributed by atoms with Gasteiger partial charge in [0, 0.05) is 5.92 Å². The van der Waals surface area contributed by atoms with E-state index in [1.54, 1.807) is 14.2 Å². The fourth-order valence-corrected chi connectivity index (χ4v) is 4.40. The van der Waals surface area contributed by atoms with Gasteiger partial charge in [0.1, 0.15) is 16.3 Å². The third-order valence-electron chi connectivity index (χ3n) is 5.64. The van der Waals surface area contributed by atoms with E-state index in [0.717, 1.165) is 44.9 Å². The van der Waals surface area contributed by atoms with E-state index in [0.29, 0.717) is 0 Å². The Balaban J connectivity index is 1.57. The van der Waals surface area contributed by atoms with Crippen molar-refractivity contribution in [1.82, 2.24) is 0 Å². The quantitative estimate of drug-likeness (QED) is 0.259. The van der Waals surface area contributed by atoms with Gasteiger partial charge in [-0.1, -0.05) is 72.8 Å². The molecule has 0 aromatic heterocycles. The van der Waals surface area contributed by atoms with Crippen LogP contribution in [0.5, 0.6) is 11.5 Å². The zero-order chi connectivity index (χ0) is 22.5. The van der Waals surface area contributed by atoms with Crippen LogP contribution in [-0.4, -0.2) is 19.1 Å². The number of hydrogen-bond acceptors (Lipinski definition) is 2. The van der Waals surface area contributed by atoms with Crippen LogP contribution in [0.2, 0.25) is 0 Å². The third kappa shape index (κ3) is 4.93. The van der Waals surface area contributed by atoms with Gasteiger partial charge in [0.15, 0.2) is 0 Å². The van der Waals surface area contributed by atoms with Gasteiger partial charge < -0.3 is 9.47 Å². The molecule has 0 saturated heterocycles. The number of ether oxygens (including phenoxy) is 2. The topological polar surface area (TPSA) is 18.5 Å². The van der Waals surface area contributed by atoms with E-state index in [2.05, 4.69) is 72.8 Å².